The molecule has 2 aromatic rings. The minimum atomic E-state index is -0.929. The number of hydrogen-bond acceptors (Lipinski definition) is 6. The molecule has 112 valence electrons. The zero-order valence-electron chi connectivity index (χ0n) is 11.9. The van der Waals surface area contributed by atoms with Crippen LogP contribution in [0.25, 0.3) is 5.82 Å². The smallest absolute Gasteiger partial charge is 0.326 e. The molecule has 1 atom stereocenters. The minimum Gasteiger partial charge on any atom is -0.480 e. The van der Waals surface area contributed by atoms with Crippen molar-refractivity contribution in [2.24, 2.45) is 5.92 Å². The van der Waals surface area contributed by atoms with Crippen LogP contribution in [0.3, 0.4) is 0 Å². The van der Waals surface area contributed by atoms with Gasteiger partial charge in [-0.25, -0.2) is 9.48 Å². The van der Waals surface area contributed by atoms with E-state index < -0.39 is 12.0 Å². The Morgan fingerprint density at radius 1 is 1.48 bits per heavy atom. The van der Waals surface area contributed by atoms with Crippen LogP contribution in [-0.4, -0.2) is 36.9 Å². The van der Waals surface area contributed by atoms with Gasteiger partial charge in [-0.1, -0.05) is 13.8 Å². The largest absolute Gasteiger partial charge is 0.480 e. The Morgan fingerprint density at radius 3 is 2.81 bits per heavy atom. The molecule has 0 unspecified atom stereocenters. The van der Waals surface area contributed by atoms with Crippen LogP contribution in [0.5, 0.6) is 0 Å². The Labute approximate surface area is 122 Å². The van der Waals surface area contributed by atoms with Crippen LogP contribution in [0.15, 0.2) is 24.5 Å². The first-order valence-corrected chi connectivity index (χ1v) is 6.59. The number of nitrogens with zero attached hydrogens (tertiary/aromatic N) is 4. The Hall–Kier alpha value is -2.64. The van der Waals surface area contributed by atoms with E-state index in [0.717, 1.165) is 0 Å². The van der Waals surface area contributed by atoms with E-state index in [2.05, 4.69) is 20.4 Å². The van der Waals surface area contributed by atoms with Crippen molar-refractivity contribution in [3.63, 3.8) is 0 Å². The van der Waals surface area contributed by atoms with Gasteiger partial charge in [-0.2, -0.15) is 15.1 Å². The lowest BCUT2D eigenvalue weighted by atomic mass is 10.0. The number of rotatable bonds is 6. The van der Waals surface area contributed by atoms with Crippen molar-refractivity contribution in [3.8, 4) is 5.82 Å². The van der Waals surface area contributed by atoms with Crippen molar-refractivity contribution in [2.45, 2.75) is 26.3 Å². The molecule has 0 saturated heterocycles. The summed E-state index contributed by atoms with van der Waals surface area (Å²) in [6.45, 7) is 3.92. The molecule has 0 fully saturated rings. The van der Waals surface area contributed by atoms with Gasteiger partial charge in [0, 0.05) is 18.5 Å². The van der Waals surface area contributed by atoms with Gasteiger partial charge in [0.1, 0.15) is 11.9 Å². The number of anilines is 2. The molecule has 0 aromatic carbocycles. The SMILES string of the molecule is CC(C)C[C@H](Nc1cc(-n2cccn2)nc(N)n1)C(=O)O. The summed E-state index contributed by atoms with van der Waals surface area (Å²) in [5.74, 6) is 0.203. The van der Waals surface area contributed by atoms with Gasteiger partial charge < -0.3 is 16.2 Å². The van der Waals surface area contributed by atoms with E-state index in [-0.39, 0.29) is 11.9 Å². The van der Waals surface area contributed by atoms with Crippen LogP contribution < -0.4 is 11.1 Å². The molecule has 0 bridgehead atoms. The molecule has 2 aromatic heterocycles. The Bertz CT molecular complexity index is 611. The maximum absolute atomic E-state index is 11.3. The first-order valence-electron chi connectivity index (χ1n) is 6.59. The number of aliphatic carboxylic acids is 1. The number of nitrogens with one attached hydrogen (secondary N) is 1. The summed E-state index contributed by atoms with van der Waals surface area (Å²) >= 11 is 0. The van der Waals surface area contributed by atoms with Crippen molar-refractivity contribution >= 4 is 17.7 Å². The molecule has 0 amide bonds. The fourth-order valence-corrected chi connectivity index (χ4v) is 1.92. The van der Waals surface area contributed by atoms with Gasteiger partial charge in [0.05, 0.1) is 0 Å². The lowest BCUT2D eigenvalue weighted by Crippen LogP contribution is -2.31. The quantitative estimate of drug-likeness (QED) is 0.730. The first kappa shape index (κ1) is 14.8. The van der Waals surface area contributed by atoms with E-state index in [4.69, 9.17) is 5.73 Å². The molecule has 8 heteroatoms. The topological polar surface area (TPSA) is 119 Å². The van der Waals surface area contributed by atoms with Gasteiger partial charge in [0.2, 0.25) is 5.95 Å². The van der Waals surface area contributed by atoms with E-state index in [0.29, 0.717) is 18.1 Å². The molecule has 0 aliphatic carbocycles. The Morgan fingerprint density at radius 2 is 2.24 bits per heavy atom. The van der Waals surface area contributed by atoms with Gasteiger partial charge in [-0.05, 0) is 18.4 Å². The van der Waals surface area contributed by atoms with Crippen molar-refractivity contribution in [1.29, 1.82) is 0 Å². The molecule has 0 aliphatic rings. The summed E-state index contributed by atoms with van der Waals surface area (Å²) in [7, 11) is 0. The predicted molar refractivity (Wildman–Crippen MR) is 78.1 cm³/mol. The number of aromatic nitrogens is 4. The normalized spacial score (nSPS) is 12.3. The molecule has 4 N–H and O–H groups in total. The Kier molecular flexibility index (Phi) is 4.36. The number of hydrogen-bond donors (Lipinski definition) is 3. The number of carboxylic acids is 1. The highest BCUT2D eigenvalue weighted by Crippen LogP contribution is 2.15. The van der Waals surface area contributed by atoms with Gasteiger partial charge in [-0.15, -0.1) is 0 Å². The first-order chi connectivity index (χ1) is 9.95. The molecule has 0 aliphatic heterocycles. The van der Waals surface area contributed by atoms with Crippen LogP contribution >= 0.6 is 0 Å². The zero-order valence-corrected chi connectivity index (χ0v) is 11.9. The van der Waals surface area contributed by atoms with Crippen LogP contribution in [0.4, 0.5) is 11.8 Å². The lowest BCUT2D eigenvalue weighted by molar-refractivity contribution is -0.138. The second-order valence-electron chi connectivity index (χ2n) is 5.08. The third-order valence-electron chi connectivity index (χ3n) is 2.80. The summed E-state index contributed by atoms with van der Waals surface area (Å²) in [5.41, 5.74) is 5.67. The Balaban J connectivity index is 2.25. The van der Waals surface area contributed by atoms with E-state index in [9.17, 15) is 9.90 Å². The van der Waals surface area contributed by atoms with E-state index in [1.54, 1.807) is 24.5 Å². The summed E-state index contributed by atoms with van der Waals surface area (Å²) in [6.07, 6.45) is 3.81. The fourth-order valence-electron chi connectivity index (χ4n) is 1.92. The third kappa shape index (κ3) is 3.91. The summed E-state index contributed by atoms with van der Waals surface area (Å²) in [4.78, 5) is 19.4. The van der Waals surface area contributed by atoms with E-state index in [1.807, 2.05) is 13.8 Å². The number of nitrogen functional groups attached to an aromatic ring is 1. The van der Waals surface area contributed by atoms with Crippen molar-refractivity contribution in [2.75, 3.05) is 11.1 Å². The van der Waals surface area contributed by atoms with Crippen LogP contribution in [0.2, 0.25) is 0 Å². The molecular formula is C13H18N6O2. The number of carboxylic acid groups (broad SMARTS) is 1. The highest BCUT2D eigenvalue weighted by Gasteiger charge is 2.19. The van der Waals surface area contributed by atoms with Crippen molar-refractivity contribution in [3.05, 3.63) is 24.5 Å². The fraction of sp³-hybridized carbons (Fsp3) is 0.385. The second kappa shape index (κ2) is 6.21. The molecule has 21 heavy (non-hydrogen) atoms. The zero-order chi connectivity index (χ0) is 15.4. The average Bonchev–Trinajstić information content (AvgIpc) is 2.90. The van der Waals surface area contributed by atoms with Crippen LogP contribution in [0.1, 0.15) is 20.3 Å². The average molecular weight is 290 g/mol. The molecule has 0 radical (unpaired) electrons. The molecule has 0 spiro atoms. The van der Waals surface area contributed by atoms with Crippen LogP contribution in [0, 0.1) is 5.92 Å². The molecule has 2 rings (SSSR count). The van der Waals surface area contributed by atoms with Crippen molar-refractivity contribution in [1.82, 2.24) is 19.7 Å². The summed E-state index contributed by atoms with van der Waals surface area (Å²) < 4.78 is 1.53. The highest BCUT2D eigenvalue weighted by molar-refractivity contribution is 5.77. The van der Waals surface area contributed by atoms with Gasteiger partial charge in [0.15, 0.2) is 5.82 Å². The lowest BCUT2D eigenvalue weighted by Gasteiger charge is -2.17. The molecule has 0 saturated carbocycles. The van der Waals surface area contributed by atoms with E-state index in [1.165, 1.54) is 4.68 Å². The summed E-state index contributed by atoms with van der Waals surface area (Å²) in [5, 5.41) is 16.2. The van der Waals surface area contributed by atoms with Gasteiger partial charge >= 0.3 is 5.97 Å². The second-order valence-corrected chi connectivity index (χ2v) is 5.08. The van der Waals surface area contributed by atoms with Crippen LogP contribution in [-0.2, 0) is 4.79 Å². The number of nitrogens with two attached hydrogens (primary N) is 1. The van der Waals surface area contributed by atoms with E-state index >= 15 is 0 Å². The van der Waals surface area contributed by atoms with Gasteiger partial charge in [0.25, 0.3) is 0 Å². The monoisotopic (exact) mass is 290 g/mol. The van der Waals surface area contributed by atoms with Gasteiger partial charge in [-0.3, -0.25) is 0 Å². The maximum Gasteiger partial charge on any atom is 0.326 e. The minimum absolute atomic E-state index is 0.0548. The molecular weight excluding hydrogens is 272 g/mol. The highest BCUT2D eigenvalue weighted by atomic mass is 16.4. The van der Waals surface area contributed by atoms with Crippen molar-refractivity contribution < 1.29 is 9.90 Å². The number of carbonyl (C=O) groups is 1. The predicted octanol–water partition coefficient (Wildman–Crippen LogP) is 1.16. The molecule has 8 nitrogen and oxygen atoms in total. The third-order valence-corrected chi connectivity index (χ3v) is 2.80. The maximum atomic E-state index is 11.3. The molecule has 2 heterocycles. The summed E-state index contributed by atoms with van der Waals surface area (Å²) in [6, 6.07) is 2.63. The standard InChI is InChI=1S/C13H18N6O2/c1-8(2)6-9(12(20)21)16-10-7-11(18-13(14)17-10)19-5-3-4-15-19/h3-5,7-9H,6H2,1-2H3,(H,20,21)(H3,14,16,17,18)/t9-/m0/s1.